The van der Waals surface area contributed by atoms with Crippen LogP contribution in [0.1, 0.15) is 20.8 Å². The van der Waals surface area contributed by atoms with Crippen LogP contribution >= 0.6 is 12.6 Å². The number of ether oxygens (including phenoxy) is 1. The summed E-state index contributed by atoms with van der Waals surface area (Å²) >= 11 is 4.19. The van der Waals surface area contributed by atoms with Crippen LogP contribution in [0, 0.1) is 5.41 Å². The third kappa shape index (κ3) is 4.79. The van der Waals surface area contributed by atoms with Crippen molar-refractivity contribution in [1.82, 2.24) is 0 Å². The minimum absolute atomic E-state index is 0.235. The zero-order valence-electron chi connectivity index (χ0n) is 6.48. The van der Waals surface area contributed by atoms with Crippen molar-refractivity contribution in [2.24, 2.45) is 5.41 Å². The standard InChI is InChI=1S/C7H16OS/c1-4-8-5-7(2,3)6-9/h9H,4-6H2,1-3H3. The van der Waals surface area contributed by atoms with Gasteiger partial charge in [-0.25, -0.2) is 0 Å². The van der Waals surface area contributed by atoms with Crippen LogP contribution in [0.5, 0.6) is 0 Å². The molecular weight excluding hydrogens is 132 g/mol. The Morgan fingerprint density at radius 2 is 2.00 bits per heavy atom. The van der Waals surface area contributed by atoms with Gasteiger partial charge in [-0.3, -0.25) is 0 Å². The van der Waals surface area contributed by atoms with Crippen LogP contribution in [0.15, 0.2) is 0 Å². The maximum atomic E-state index is 5.24. The van der Waals surface area contributed by atoms with E-state index in [2.05, 4.69) is 26.5 Å². The average Bonchev–Trinajstić information content (AvgIpc) is 1.84. The molecule has 0 rings (SSSR count). The Morgan fingerprint density at radius 1 is 1.44 bits per heavy atom. The number of thiol groups is 1. The second-order valence-electron chi connectivity index (χ2n) is 2.96. The molecule has 0 fully saturated rings. The summed E-state index contributed by atoms with van der Waals surface area (Å²) in [7, 11) is 0. The molecule has 0 saturated heterocycles. The fourth-order valence-electron chi connectivity index (χ4n) is 0.424. The van der Waals surface area contributed by atoms with E-state index in [1.54, 1.807) is 0 Å². The smallest absolute Gasteiger partial charge is 0.0524 e. The van der Waals surface area contributed by atoms with Gasteiger partial charge in [0.1, 0.15) is 0 Å². The van der Waals surface area contributed by atoms with E-state index in [4.69, 9.17) is 4.74 Å². The first-order chi connectivity index (χ1) is 4.12. The van der Waals surface area contributed by atoms with E-state index in [0.29, 0.717) is 0 Å². The van der Waals surface area contributed by atoms with E-state index < -0.39 is 0 Å². The van der Waals surface area contributed by atoms with Crippen LogP contribution < -0.4 is 0 Å². The molecule has 0 aliphatic heterocycles. The van der Waals surface area contributed by atoms with Gasteiger partial charge in [0.15, 0.2) is 0 Å². The highest BCUT2D eigenvalue weighted by Gasteiger charge is 2.14. The summed E-state index contributed by atoms with van der Waals surface area (Å²) in [4.78, 5) is 0. The lowest BCUT2D eigenvalue weighted by Gasteiger charge is -2.20. The number of hydrogen-bond acceptors (Lipinski definition) is 2. The number of hydrogen-bond donors (Lipinski definition) is 1. The molecule has 0 aromatic carbocycles. The summed E-state index contributed by atoms with van der Waals surface area (Å²) in [6.45, 7) is 7.92. The van der Waals surface area contributed by atoms with Gasteiger partial charge in [0.2, 0.25) is 0 Å². The molecule has 56 valence electrons. The van der Waals surface area contributed by atoms with Crippen LogP contribution in [-0.4, -0.2) is 19.0 Å². The van der Waals surface area contributed by atoms with Gasteiger partial charge < -0.3 is 4.74 Å². The molecule has 0 heterocycles. The van der Waals surface area contributed by atoms with Crippen LogP contribution in [-0.2, 0) is 4.74 Å². The van der Waals surface area contributed by atoms with E-state index in [1.165, 1.54) is 0 Å². The summed E-state index contributed by atoms with van der Waals surface area (Å²) in [6.07, 6.45) is 0. The normalized spacial score (nSPS) is 12.0. The summed E-state index contributed by atoms with van der Waals surface area (Å²) in [5.74, 6) is 0.882. The van der Waals surface area contributed by atoms with Gasteiger partial charge in [0.05, 0.1) is 6.61 Å². The molecule has 0 saturated carbocycles. The topological polar surface area (TPSA) is 9.23 Å². The molecular formula is C7H16OS. The second kappa shape index (κ2) is 4.18. The van der Waals surface area contributed by atoms with Crippen molar-refractivity contribution in [3.8, 4) is 0 Å². The van der Waals surface area contributed by atoms with Crippen molar-refractivity contribution in [3.63, 3.8) is 0 Å². The number of rotatable bonds is 4. The van der Waals surface area contributed by atoms with Crippen LogP contribution in [0.3, 0.4) is 0 Å². The summed E-state index contributed by atoms with van der Waals surface area (Å²) in [5, 5.41) is 0. The van der Waals surface area contributed by atoms with Gasteiger partial charge in [0.25, 0.3) is 0 Å². The van der Waals surface area contributed by atoms with Gasteiger partial charge in [-0.1, -0.05) is 13.8 Å². The fourth-order valence-corrected chi connectivity index (χ4v) is 0.515. The molecule has 0 bridgehead atoms. The maximum Gasteiger partial charge on any atom is 0.0524 e. The zero-order chi connectivity index (χ0) is 7.33. The fraction of sp³-hybridized carbons (Fsp3) is 1.00. The molecule has 0 aromatic heterocycles. The molecule has 0 aromatic rings. The summed E-state index contributed by atoms with van der Waals surface area (Å²) in [6, 6.07) is 0. The second-order valence-corrected chi connectivity index (χ2v) is 3.28. The van der Waals surface area contributed by atoms with Crippen molar-refractivity contribution >= 4 is 12.6 Å². The molecule has 1 nitrogen and oxygen atoms in total. The van der Waals surface area contributed by atoms with E-state index in [-0.39, 0.29) is 5.41 Å². The molecule has 0 amide bonds. The molecule has 0 radical (unpaired) electrons. The van der Waals surface area contributed by atoms with Gasteiger partial charge >= 0.3 is 0 Å². The Labute approximate surface area is 63.2 Å². The van der Waals surface area contributed by atoms with Gasteiger partial charge in [0, 0.05) is 6.61 Å². The largest absolute Gasteiger partial charge is 0.381 e. The molecule has 0 unspecified atom stereocenters. The lowest BCUT2D eigenvalue weighted by atomic mass is 9.98. The first kappa shape index (κ1) is 9.31. The third-order valence-corrected chi connectivity index (χ3v) is 1.98. The zero-order valence-corrected chi connectivity index (χ0v) is 7.37. The van der Waals surface area contributed by atoms with Gasteiger partial charge in [-0.2, -0.15) is 12.6 Å². The predicted molar refractivity (Wildman–Crippen MR) is 44.1 cm³/mol. The van der Waals surface area contributed by atoms with Crippen molar-refractivity contribution in [2.75, 3.05) is 19.0 Å². The average molecular weight is 148 g/mol. The van der Waals surface area contributed by atoms with E-state index >= 15 is 0 Å². The molecule has 0 atom stereocenters. The monoisotopic (exact) mass is 148 g/mol. The third-order valence-electron chi connectivity index (χ3n) is 1.12. The maximum absolute atomic E-state index is 5.24. The molecule has 2 heteroatoms. The lowest BCUT2D eigenvalue weighted by Crippen LogP contribution is -2.20. The highest BCUT2D eigenvalue weighted by molar-refractivity contribution is 7.80. The highest BCUT2D eigenvalue weighted by Crippen LogP contribution is 2.16. The SMILES string of the molecule is CCOCC(C)(C)CS. The lowest BCUT2D eigenvalue weighted by molar-refractivity contribution is 0.0830. The molecule has 0 N–H and O–H groups in total. The summed E-state index contributed by atoms with van der Waals surface area (Å²) in [5.41, 5.74) is 0.235. The molecule has 0 aliphatic carbocycles. The van der Waals surface area contributed by atoms with E-state index in [9.17, 15) is 0 Å². The van der Waals surface area contributed by atoms with E-state index in [0.717, 1.165) is 19.0 Å². The molecule has 0 spiro atoms. The predicted octanol–water partition coefficient (Wildman–Crippen LogP) is 1.98. The first-order valence-corrected chi connectivity index (χ1v) is 3.94. The summed E-state index contributed by atoms with van der Waals surface area (Å²) < 4.78 is 5.24. The molecule has 9 heavy (non-hydrogen) atoms. The van der Waals surface area contributed by atoms with E-state index in [1.807, 2.05) is 6.92 Å². The van der Waals surface area contributed by atoms with Crippen molar-refractivity contribution in [1.29, 1.82) is 0 Å². The minimum atomic E-state index is 0.235. The Kier molecular flexibility index (Phi) is 4.32. The Balaban J connectivity index is 3.33. The Morgan fingerprint density at radius 3 is 2.33 bits per heavy atom. The van der Waals surface area contributed by atoms with Crippen molar-refractivity contribution in [3.05, 3.63) is 0 Å². The first-order valence-electron chi connectivity index (χ1n) is 3.31. The Bertz CT molecular complexity index is 71.3. The minimum Gasteiger partial charge on any atom is -0.381 e. The van der Waals surface area contributed by atoms with Crippen LogP contribution in [0.2, 0.25) is 0 Å². The van der Waals surface area contributed by atoms with Crippen molar-refractivity contribution < 1.29 is 4.74 Å². The van der Waals surface area contributed by atoms with Crippen molar-refractivity contribution in [2.45, 2.75) is 20.8 Å². The van der Waals surface area contributed by atoms with Crippen LogP contribution in [0.4, 0.5) is 0 Å². The quantitative estimate of drug-likeness (QED) is 0.600. The Hall–Kier alpha value is 0.310. The molecule has 0 aliphatic rings. The van der Waals surface area contributed by atoms with Gasteiger partial charge in [-0.15, -0.1) is 0 Å². The highest BCUT2D eigenvalue weighted by atomic mass is 32.1. The van der Waals surface area contributed by atoms with Crippen LogP contribution in [0.25, 0.3) is 0 Å². The van der Waals surface area contributed by atoms with Gasteiger partial charge in [-0.05, 0) is 18.1 Å².